The van der Waals surface area contributed by atoms with Gasteiger partial charge >= 0.3 is 5.97 Å². The molecule has 0 fully saturated rings. The van der Waals surface area contributed by atoms with Gasteiger partial charge in [0.2, 0.25) is 0 Å². The van der Waals surface area contributed by atoms with Crippen LogP contribution in [0.2, 0.25) is 10.0 Å². The molecule has 1 radical (unpaired) electrons. The number of ether oxygens (including phenoxy) is 1. The zero-order valence-electron chi connectivity index (χ0n) is 7.46. The summed E-state index contributed by atoms with van der Waals surface area (Å²) in [5.74, 6) is -0.737. The number of halogens is 2. The number of hydrogen-bond donors (Lipinski definition) is 1. The third-order valence-electron chi connectivity index (χ3n) is 1.25. The molecule has 1 rings (SSSR count). The fourth-order valence-electron chi connectivity index (χ4n) is 0.732. The molecule has 0 aliphatic carbocycles. The van der Waals surface area contributed by atoms with E-state index in [0.29, 0.717) is 15.8 Å². The molecule has 1 N–H and O–H groups in total. The maximum Gasteiger partial charge on any atom is 0.341 e. The first-order valence-electron chi connectivity index (χ1n) is 3.39. The van der Waals surface area contributed by atoms with Crippen molar-refractivity contribution in [2.45, 2.75) is 0 Å². The molecule has 0 saturated carbocycles. The quantitative estimate of drug-likeness (QED) is 0.846. The average Bonchev–Trinajstić information content (AvgIpc) is 2.02. The van der Waals surface area contributed by atoms with Crippen molar-refractivity contribution >= 4 is 80.6 Å². The van der Waals surface area contributed by atoms with E-state index in [1.807, 2.05) is 0 Å². The SMILES string of the molecule is O=C(O)COc1ccc(Cl)cc1Cl.[K]. The van der Waals surface area contributed by atoms with Gasteiger partial charge in [0.15, 0.2) is 6.61 Å². The summed E-state index contributed by atoms with van der Waals surface area (Å²) in [6, 6.07) is 4.58. The van der Waals surface area contributed by atoms with Gasteiger partial charge in [-0.1, -0.05) is 23.2 Å². The van der Waals surface area contributed by atoms with Crippen molar-refractivity contribution in [2.75, 3.05) is 6.61 Å². The molecule has 0 heterocycles. The van der Waals surface area contributed by atoms with Crippen LogP contribution >= 0.6 is 23.2 Å². The van der Waals surface area contributed by atoms with Crippen molar-refractivity contribution in [3.63, 3.8) is 0 Å². The van der Waals surface area contributed by atoms with Crippen LogP contribution < -0.4 is 4.74 Å². The number of carboxylic acid groups (broad SMARTS) is 1. The Morgan fingerprint density at radius 2 is 2.07 bits per heavy atom. The second kappa shape index (κ2) is 7.06. The van der Waals surface area contributed by atoms with E-state index in [1.165, 1.54) is 12.1 Å². The van der Waals surface area contributed by atoms with E-state index in [1.54, 1.807) is 6.07 Å². The first-order valence-corrected chi connectivity index (χ1v) is 4.15. The zero-order valence-corrected chi connectivity index (χ0v) is 12.1. The molecule has 0 saturated heterocycles. The van der Waals surface area contributed by atoms with Gasteiger partial charge in [0, 0.05) is 56.4 Å². The molecule has 3 nitrogen and oxygen atoms in total. The second-order valence-electron chi connectivity index (χ2n) is 2.26. The van der Waals surface area contributed by atoms with Gasteiger partial charge in [-0.25, -0.2) is 4.79 Å². The Morgan fingerprint density at radius 1 is 1.43 bits per heavy atom. The third-order valence-corrected chi connectivity index (χ3v) is 1.78. The van der Waals surface area contributed by atoms with Gasteiger partial charge in [0.25, 0.3) is 0 Å². The van der Waals surface area contributed by atoms with E-state index in [9.17, 15) is 4.79 Å². The Bertz CT molecular complexity index is 330. The van der Waals surface area contributed by atoms with E-state index >= 15 is 0 Å². The summed E-state index contributed by atoms with van der Waals surface area (Å²) >= 11 is 11.3. The third kappa shape index (κ3) is 4.98. The van der Waals surface area contributed by atoms with E-state index < -0.39 is 12.6 Å². The number of benzene rings is 1. The predicted octanol–water partition coefficient (Wildman–Crippen LogP) is 2.08. The molecule has 0 spiro atoms. The van der Waals surface area contributed by atoms with Crippen molar-refractivity contribution in [1.82, 2.24) is 0 Å². The van der Waals surface area contributed by atoms with Gasteiger partial charge in [0.05, 0.1) is 5.02 Å². The Hall–Kier alpha value is 0.706. The Labute approximate surface area is 134 Å². The molecular weight excluding hydrogens is 254 g/mol. The van der Waals surface area contributed by atoms with E-state index in [2.05, 4.69) is 0 Å². The second-order valence-corrected chi connectivity index (χ2v) is 3.10. The van der Waals surface area contributed by atoms with E-state index in [4.69, 9.17) is 33.0 Å². The molecule has 0 aliphatic rings. The number of aliphatic carboxylic acids is 1. The Kier molecular flexibility index (Phi) is 7.41. The molecule has 14 heavy (non-hydrogen) atoms. The van der Waals surface area contributed by atoms with Crippen LogP contribution in [0.4, 0.5) is 0 Å². The van der Waals surface area contributed by atoms with Crippen LogP contribution in [0.5, 0.6) is 5.75 Å². The van der Waals surface area contributed by atoms with Crippen molar-refractivity contribution in [1.29, 1.82) is 0 Å². The molecule has 0 bridgehead atoms. The minimum Gasteiger partial charge on any atom is -0.480 e. The standard InChI is InChI=1S/C8H6Cl2O3.K/c9-5-1-2-7(6(10)3-5)13-4-8(11)12;/h1-3H,4H2,(H,11,12);. The number of carboxylic acids is 1. The molecule has 0 aromatic heterocycles. The molecule has 71 valence electrons. The zero-order chi connectivity index (χ0) is 9.84. The summed E-state index contributed by atoms with van der Waals surface area (Å²) in [4.78, 5) is 10.2. The largest absolute Gasteiger partial charge is 0.480 e. The van der Waals surface area contributed by atoms with Gasteiger partial charge in [-0.15, -0.1) is 0 Å². The first kappa shape index (κ1) is 14.7. The molecule has 0 aliphatic heterocycles. The first-order chi connectivity index (χ1) is 6.09. The molecular formula is C8H6Cl2KO3. The van der Waals surface area contributed by atoms with Crippen LogP contribution in [-0.4, -0.2) is 69.1 Å². The van der Waals surface area contributed by atoms with Gasteiger partial charge in [-0.05, 0) is 18.2 Å². The maximum atomic E-state index is 10.2. The number of rotatable bonds is 3. The Balaban J connectivity index is 0.00000169. The number of hydrogen-bond acceptors (Lipinski definition) is 2. The van der Waals surface area contributed by atoms with Gasteiger partial charge in [0.1, 0.15) is 5.75 Å². The summed E-state index contributed by atoms with van der Waals surface area (Å²) in [5, 5.41) is 9.11. The molecule has 6 heteroatoms. The molecule has 0 amide bonds. The predicted molar refractivity (Wildman–Crippen MR) is 55.3 cm³/mol. The van der Waals surface area contributed by atoms with E-state index in [0.717, 1.165) is 0 Å². The smallest absolute Gasteiger partial charge is 0.341 e. The molecule has 0 unspecified atom stereocenters. The number of carbonyl (C=O) groups is 1. The minimum absolute atomic E-state index is 0. The fourth-order valence-corrected chi connectivity index (χ4v) is 1.19. The van der Waals surface area contributed by atoms with E-state index in [-0.39, 0.29) is 51.4 Å². The van der Waals surface area contributed by atoms with Crippen LogP contribution in [0, 0.1) is 0 Å². The minimum atomic E-state index is -1.05. The van der Waals surface area contributed by atoms with Crippen molar-refractivity contribution in [3.05, 3.63) is 28.2 Å². The molecule has 1 aromatic carbocycles. The summed E-state index contributed by atoms with van der Waals surface area (Å²) in [5.41, 5.74) is 0. The molecule has 0 atom stereocenters. The van der Waals surface area contributed by atoms with Crippen molar-refractivity contribution < 1.29 is 14.6 Å². The maximum absolute atomic E-state index is 10.2. The summed E-state index contributed by atoms with van der Waals surface area (Å²) in [6.07, 6.45) is 0. The normalized spacial score (nSPS) is 9.00. The van der Waals surface area contributed by atoms with Crippen molar-refractivity contribution in [3.8, 4) is 5.75 Å². The van der Waals surface area contributed by atoms with Crippen LogP contribution in [0.15, 0.2) is 18.2 Å². The fraction of sp³-hybridized carbons (Fsp3) is 0.125. The van der Waals surface area contributed by atoms with Crippen molar-refractivity contribution in [2.24, 2.45) is 0 Å². The van der Waals surface area contributed by atoms with Crippen LogP contribution in [0.25, 0.3) is 0 Å². The molecule has 1 aromatic rings. The summed E-state index contributed by atoms with van der Waals surface area (Å²) < 4.78 is 4.86. The monoisotopic (exact) mass is 259 g/mol. The van der Waals surface area contributed by atoms with Crippen LogP contribution in [-0.2, 0) is 4.79 Å². The van der Waals surface area contributed by atoms with Crippen LogP contribution in [0.3, 0.4) is 0 Å². The summed E-state index contributed by atoms with van der Waals surface area (Å²) in [7, 11) is 0. The summed E-state index contributed by atoms with van der Waals surface area (Å²) in [6.45, 7) is -0.415. The Morgan fingerprint density at radius 3 is 2.57 bits per heavy atom. The average molecular weight is 260 g/mol. The topological polar surface area (TPSA) is 46.5 Å². The van der Waals surface area contributed by atoms with Gasteiger partial charge < -0.3 is 9.84 Å². The van der Waals surface area contributed by atoms with Gasteiger partial charge in [-0.2, -0.15) is 0 Å². The van der Waals surface area contributed by atoms with Crippen LogP contribution in [0.1, 0.15) is 0 Å². The van der Waals surface area contributed by atoms with Gasteiger partial charge in [-0.3, -0.25) is 0 Å².